The van der Waals surface area contributed by atoms with E-state index in [1.165, 1.54) is 51.4 Å². The summed E-state index contributed by atoms with van der Waals surface area (Å²) in [5.74, 6) is 0. The van der Waals surface area contributed by atoms with Crippen LogP contribution in [0.1, 0.15) is 79.1 Å². The molecule has 0 amide bonds. The van der Waals surface area contributed by atoms with Gasteiger partial charge in [0.15, 0.2) is 0 Å². The fourth-order valence-corrected chi connectivity index (χ4v) is 2.02. The third-order valence-corrected chi connectivity index (χ3v) is 3.12. The Morgan fingerprint density at radius 3 is 2.13 bits per heavy atom. The van der Waals surface area contributed by atoms with Crippen LogP contribution in [0.2, 0.25) is 0 Å². The van der Waals surface area contributed by atoms with Crippen LogP contribution >= 0.6 is 0 Å². The molecule has 1 unspecified atom stereocenters. The largest absolute Gasteiger partial charge is 0.311 e. The second kappa shape index (κ2) is 10.5. The zero-order valence-corrected chi connectivity index (χ0v) is 11.3. The van der Waals surface area contributed by atoms with E-state index in [0.717, 1.165) is 12.1 Å². The van der Waals surface area contributed by atoms with Gasteiger partial charge in [0.2, 0.25) is 0 Å². The molecule has 1 heteroatoms. The monoisotopic (exact) mass is 213 g/mol. The van der Waals surface area contributed by atoms with E-state index in [0.29, 0.717) is 0 Å². The Balaban J connectivity index is 0.000000921. The predicted octanol–water partition coefficient (Wildman–Crippen LogP) is 4.51. The fraction of sp³-hybridized carbons (Fsp3) is 1.00. The maximum atomic E-state index is 3.79. The summed E-state index contributed by atoms with van der Waals surface area (Å²) in [4.78, 5) is 0. The topological polar surface area (TPSA) is 12.0 Å². The molecule has 0 aromatic carbocycles. The molecule has 0 heterocycles. The van der Waals surface area contributed by atoms with Gasteiger partial charge in [-0.15, -0.1) is 0 Å². The van der Waals surface area contributed by atoms with Crippen LogP contribution in [0.5, 0.6) is 0 Å². The summed E-state index contributed by atoms with van der Waals surface area (Å²) in [5, 5.41) is 3.79. The average Bonchev–Trinajstić information content (AvgIpc) is 2.22. The van der Waals surface area contributed by atoms with E-state index < -0.39 is 0 Å². The summed E-state index contributed by atoms with van der Waals surface area (Å²) >= 11 is 0. The van der Waals surface area contributed by atoms with Gasteiger partial charge < -0.3 is 5.32 Å². The van der Waals surface area contributed by atoms with E-state index in [-0.39, 0.29) is 0 Å². The number of unbranched alkanes of at least 4 members (excludes halogenated alkanes) is 1. The molecule has 1 aliphatic rings. The molecule has 1 rings (SSSR count). The SMILES string of the molecule is CC.CCCCC(CCC)NC1CCC1. The molecule has 0 aromatic rings. The van der Waals surface area contributed by atoms with Crippen molar-refractivity contribution in [1.82, 2.24) is 5.32 Å². The van der Waals surface area contributed by atoms with Crippen LogP contribution in [0.3, 0.4) is 0 Å². The average molecular weight is 213 g/mol. The fourth-order valence-electron chi connectivity index (χ4n) is 2.02. The van der Waals surface area contributed by atoms with Crippen molar-refractivity contribution in [3.05, 3.63) is 0 Å². The summed E-state index contributed by atoms with van der Waals surface area (Å²) in [6.45, 7) is 8.58. The van der Waals surface area contributed by atoms with Gasteiger partial charge in [-0.25, -0.2) is 0 Å². The highest BCUT2D eigenvalue weighted by molar-refractivity contribution is 4.80. The van der Waals surface area contributed by atoms with E-state index in [1.807, 2.05) is 13.8 Å². The van der Waals surface area contributed by atoms with Crippen LogP contribution in [-0.4, -0.2) is 12.1 Å². The molecule has 0 spiro atoms. The lowest BCUT2D eigenvalue weighted by Crippen LogP contribution is -2.42. The van der Waals surface area contributed by atoms with Gasteiger partial charge >= 0.3 is 0 Å². The molecule has 92 valence electrons. The lowest BCUT2D eigenvalue weighted by atomic mass is 9.91. The van der Waals surface area contributed by atoms with Gasteiger partial charge in [0.05, 0.1) is 0 Å². The molecular weight excluding hydrogens is 182 g/mol. The van der Waals surface area contributed by atoms with E-state index in [9.17, 15) is 0 Å². The van der Waals surface area contributed by atoms with Crippen molar-refractivity contribution < 1.29 is 0 Å². The van der Waals surface area contributed by atoms with E-state index in [2.05, 4.69) is 19.2 Å². The summed E-state index contributed by atoms with van der Waals surface area (Å²) in [6, 6.07) is 1.68. The van der Waals surface area contributed by atoms with Crippen molar-refractivity contribution in [1.29, 1.82) is 0 Å². The van der Waals surface area contributed by atoms with Gasteiger partial charge in [0, 0.05) is 12.1 Å². The molecule has 1 N–H and O–H groups in total. The molecule has 0 saturated heterocycles. The first-order chi connectivity index (χ1) is 7.36. The Bertz CT molecular complexity index is 119. The molecule has 1 aliphatic carbocycles. The zero-order chi connectivity index (χ0) is 11.5. The van der Waals surface area contributed by atoms with E-state index in [1.54, 1.807) is 0 Å². The van der Waals surface area contributed by atoms with Crippen molar-refractivity contribution >= 4 is 0 Å². The summed E-state index contributed by atoms with van der Waals surface area (Å²) in [5.41, 5.74) is 0. The first-order valence-corrected chi connectivity index (χ1v) is 7.12. The smallest absolute Gasteiger partial charge is 0.00696 e. The third kappa shape index (κ3) is 6.94. The number of hydrogen-bond donors (Lipinski definition) is 1. The zero-order valence-electron chi connectivity index (χ0n) is 11.3. The molecule has 15 heavy (non-hydrogen) atoms. The van der Waals surface area contributed by atoms with Gasteiger partial charge in [-0.1, -0.05) is 53.4 Å². The molecule has 1 nitrogen and oxygen atoms in total. The minimum atomic E-state index is 0.815. The Labute approximate surface area is 97.0 Å². The highest BCUT2D eigenvalue weighted by Crippen LogP contribution is 2.20. The second-order valence-corrected chi connectivity index (χ2v) is 4.42. The Kier molecular flexibility index (Phi) is 10.4. The summed E-state index contributed by atoms with van der Waals surface area (Å²) in [6.07, 6.45) is 11.1. The van der Waals surface area contributed by atoms with Crippen molar-refractivity contribution in [3.63, 3.8) is 0 Å². The molecule has 0 aromatic heterocycles. The number of hydrogen-bond acceptors (Lipinski definition) is 1. The Morgan fingerprint density at radius 2 is 1.73 bits per heavy atom. The minimum Gasteiger partial charge on any atom is -0.311 e. The third-order valence-electron chi connectivity index (χ3n) is 3.12. The van der Waals surface area contributed by atoms with Gasteiger partial charge in [-0.05, 0) is 25.7 Å². The lowest BCUT2D eigenvalue weighted by Gasteiger charge is -2.31. The van der Waals surface area contributed by atoms with Crippen molar-refractivity contribution in [2.75, 3.05) is 0 Å². The second-order valence-electron chi connectivity index (χ2n) is 4.42. The van der Waals surface area contributed by atoms with Crippen molar-refractivity contribution in [2.24, 2.45) is 0 Å². The Hall–Kier alpha value is -0.0400. The van der Waals surface area contributed by atoms with E-state index >= 15 is 0 Å². The molecule has 1 atom stereocenters. The predicted molar refractivity (Wildman–Crippen MR) is 70.3 cm³/mol. The van der Waals surface area contributed by atoms with Crippen LogP contribution in [0, 0.1) is 0 Å². The van der Waals surface area contributed by atoms with E-state index in [4.69, 9.17) is 0 Å². The minimum absolute atomic E-state index is 0.815. The summed E-state index contributed by atoms with van der Waals surface area (Å²) < 4.78 is 0. The molecule has 1 saturated carbocycles. The highest BCUT2D eigenvalue weighted by atomic mass is 15.0. The van der Waals surface area contributed by atoms with Crippen LogP contribution in [0.25, 0.3) is 0 Å². The number of nitrogens with one attached hydrogen (secondary N) is 1. The molecule has 0 radical (unpaired) electrons. The Morgan fingerprint density at radius 1 is 1.07 bits per heavy atom. The highest BCUT2D eigenvalue weighted by Gasteiger charge is 2.19. The van der Waals surface area contributed by atoms with Crippen LogP contribution in [0.15, 0.2) is 0 Å². The summed E-state index contributed by atoms with van der Waals surface area (Å²) in [7, 11) is 0. The number of rotatable bonds is 7. The van der Waals surface area contributed by atoms with Crippen molar-refractivity contribution in [3.8, 4) is 0 Å². The normalized spacial score (nSPS) is 17.6. The first kappa shape index (κ1) is 15.0. The van der Waals surface area contributed by atoms with Crippen LogP contribution in [0.4, 0.5) is 0 Å². The van der Waals surface area contributed by atoms with Crippen molar-refractivity contribution in [2.45, 2.75) is 91.1 Å². The standard InChI is InChI=1S/C12H25N.C2H6/c1-3-5-8-11(7-4-2)13-12-9-6-10-12;1-2/h11-13H,3-10H2,1-2H3;1-2H3. The quantitative estimate of drug-likeness (QED) is 0.656. The van der Waals surface area contributed by atoms with Gasteiger partial charge in [0.25, 0.3) is 0 Å². The van der Waals surface area contributed by atoms with Gasteiger partial charge in [-0.3, -0.25) is 0 Å². The lowest BCUT2D eigenvalue weighted by molar-refractivity contribution is 0.284. The molecular formula is C14H31N. The van der Waals surface area contributed by atoms with Crippen LogP contribution in [-0.2, 0) is 0 Å². The van der Waals surface area contributed by atoms with Crippen LogP contribution < -0.4 is 5.32 Å². The maximum absolute atomic E-state index is 3.79. The molecule has 0 aliphatic heterocycles. The first-order valence-electron chi connectivity index (χ1n) is 7.12. The van der Waals surface area contributed by atoms with Gasteiger partial charge in [-0.2, -0.15) is 0 Å². The molecule has 0 bridgehead atoms. The maximum Gasteiger partial charge on any atom is 0.00696 e. The van der Waals surface area contributed by atoms with Gasteiger partial charge in [0.1, 0.15) is 0 Å². The molecule has 1 fully saturated rings.